The van der Waals surface area contributed by atoms with E-state index >= 15 is 0 Å². The second-order valence-electron chi connectivity index (χ2n) is 1.76. The van der Waals surface area contributed by atoms with Crippen LogP contribution in [0.25, 0.3) is 0 Å². The van der Waals surface area contributed by atoms with Gasteiger partial charge in [-0.05, 0) is 17.7 Å². The molecule has 1 aromatic carbocycles. The van der Waals surface area contributed by atoms with Gasteiger partial charge in [0.25, 0.3) is 0 Å². The van der Waals surface area contributed by atoms with Crippen molar-refractivity contribution in [3.8, 4) is 0 Å². The molecular formula is C7H5FNO. The summed E-state index contributed by atoms with van der Waals surface area (Å²) in [5.74, 6) is -0.833. The molecule has 1 aromatic rings. The Morgan fingerprint density at radius 1 is 1.30 bits per heavy atom. The molecule has 3 heteroatoms. The van der Waals surface area contributed by atoms with Gasteiger partial charge in [0.2, 0.25) is 0 Å². The summed E-state index contributed by atoms with van der Waals surface area (Å²) in [7, 11) is 0. The van der Waals surface area contributed by atoms with Gasteiger partial charge < -0.3 is 0 Å². The van der Waals surface area contributed by atoms with Gasteiger partial charge in [0.1, 0.15) is 0 Å². The summed E-state index contributed by atoms with van der Waals surface area (Å²) in [6, 6.07) is 8.06. The van der Waals surface area contributed by atoms with Crippen LogP contribution < -0.4 is 5.54 Å². The molecule has 0 spiro atoms. The van der Waals surface area contributed by atoms with Gasteiger partial charge in [-0.2, -0.15) is 0 Å². The van der Waals surface area contributed by atoms with Crippen molar-refractivity contribution < 1.29 is 9.28 Å². The maximum Gasteiger partial charge on any atom is 0.305 e. The Morgan fingerprint density at radius 2 is 1.90 bits per heavy atom. The van der Waals surface area contributed by atoms with Crippen molar-refractivity contribution in [2.75, 3.05) is 0 Å². The minimum absolute atomic E-state index is 0.269. The highest BCUT2D eigenvalue weighted by Crippen LogP contribution is 1.97. The smallest absolute Gasteiger partial charge is 0.264 e. The van der Waals surface area contributed by atoms with Crippen LogP contribution in [0.3, 0.4) is 0 Å². The van der Waals surface area contributed by atoms with Crippen LogP contribution in [0.15, 0.2) is 30.3 Å². The number of nitrogens with zero attached hydrogens (tertiary/aromatic N) is 1. The van der Waals surface area contributed by atoms with Crippen molar-refractivity contribution in [2.24, 2.45) is 0 Å². The first-order chi connectivity index (χ1) is 4.84. The van der Waals surface area contributed by atoms with Crippen molar-refractivity contribution in [2.45, 2.75) is 0 Å². The van der Waals surface area contributed by atoms with Gasteiger partial charge in [0.15, 0.2) is 0 Å². The molecule has 0 atom stereocenters. The fraction of sp³-hybridized carbons (Fsp3) is 0. The average Bonchev–Trinajstić information content (AvgIpc) is 2.05. The van der Waals surface area contributed by atoms with Crippen LogP contribution in [0, 0.1) is 0 Å². The van der Waals surface area contributed by atoms with E-state index in [4.69, 9.17) is 0 Å². The summed E-state index contributed by atoms with van der Waals surface area (Å²) in [5.41, 5.74) is 2.29. The molecule has 51 valence electrons. The van der Waals surface area contributed by atoms with Crippen molar-refractivity contribution in [3.05, 3.63) is 35.9 Å². The van der Waals surface area contributed by atoms with Crippen LogP contribution in [0.5, 0.6) is 0 Å². The zero-order valence-electron chi connectivity index (χ0n) is 5.12. The largest absolute Gasteiger partial charge is 0.305 e. The summed E-state index contributed by atoms with van der Waals surface area (Å²) in [6.45, 7) is 0. The molecule has 0 fully saturated rings. The van der Waals surface area contributed by atoms with Crippen LogP contribution in [0.4, 0.5) is 4.48 Å². The topological polar surface area (TPSA) is 31.2 Å². The van der Waals surface area contributed by atoms with Crippen molar-refractivity contribution in [3.63, 3.8) is 0 Å². The van der Waals surface area contributed by atoms with Crippen LogP contribution in [0.2, 0.25) is 0 Å². The Morgan fingerprint density at radius 3 is 2.40 bits per heavy atom. The molecule has 0 heterocycles. The van der Waals surface area contributed by atoms with Gasteiger partial charge in [-0.1, -0.05) is 22.7 Å². The first-order valence-corrected chi connectivity index (χ1v) is 2.76. The number of halogens is 1. The van der Waals surface area contributed by atoms with Crippen molar-refractivity contribution >= 4 is 5.91 Å². The van der Waals surface area contributed by atoms with E-state index in [-0.39, 0.29) is 5.56 Å². The monoisotopic (exact) mass is 138 g/mol. The lowest BCUT2D eigenvalue weighted by Crippen LogP contribution is -2.05. The number of carbonyl (C=O) groups is 1. The second-order valence-corrected chi connectivity index (χ2v) is 1.76. The van der Waals surface area contributed by atoms with Crippen LogP contribution in [0.1, 0.15) is 10.4 Å². The van der Waals surface area contributed by atoms with Crippen molar-refractivity contribution in [1.29, 1.82) is 0 Å². The van der Waals surface area contributed by atoms with Crippen LogP contribution >= 0.6 is 0 Å². The van der Waals surface area contributed by atoms with E-state index in [1.165, 1.54) is 12.1 Å². The maximum absolute atomic E-state index is 11.3. The van der Waals surface area contributed by atoms with Gasteiger partial charge in [0.05, 0.1) is 0 Å². The lowest BCUT2D eigenvalue weighted by atomic mass is 10.2. The number of hydrogen-bond donors (Lipinski definition) is 0. The molecule has 1 amide bonds. The standard InChI is InChI=1S/C7H5FNO/c8-9-7(10)6-4-2-1-3-5-6/h1-5H. The predicted molar refractivity (Wildman–Crippen MR) is 34.0 cm³/mol. The lowest BCUT2D eigenvalue weighted by molar-refractivity contribution is 0.0848. The Balaban J connectivity index is 2.85. The van der Waals surface area contributed by atoms with E-state index < -0.39 is 5.91 Å². The zero-order chi connectivity index (χ0) is 7.40. The molecule has 1 rings (SSSR count). The van der Waals surface area contributed by atoms with E-state index in [1.807, 2.05) is 5.54 Å². The molecule has 0 saturated heterocycles. The maximum atomic E-state index is 11.3. The molecule has 0 N–H and O–H groups in total. The number of rotatable bonds is 1. The molecule has 0 bridgehead atoms. The molecule has 0 aliphatic heterocycles. The molecule has 0 aliphatic rings. The molecule has 1 radical (unpaired) electrons. The molecule has 0 aromatic heterocycles. The molecule has 2 nitrogen and oxygen atoms in total. The highest BCUT2D eigenvalue weighted by atomic mass is 19.2. The van der Waals surface area contributed by atoms with Gasteiger partial charge in [-0.25, -0.2) is 0 Å². The highest BCUT2D eigenvalue weighted by molar-refractivity contribution is 5.93. The Bertz CT molecular complexity index is 222. The summed E-state index contributed by atoms with van der Waals surface area (Å²) >= 11 is 0. The first kappa shape index (κ1) is 6.74. The fourth-order valence-corrected chi connectivity index (χ4v) is 0.630. The van der Waals surface area contributed by atoms with Gasteiger partial charge in [-0.15, -0.1) is 0 Å². The number of benzene rings is 1. The zero-order valence-corrected chi connectivity index (χ0v) is 5.12. The first-order valence-electron chi connectivity index (χ1n) is 2.76. The molecule has 10 heavy (non-hydrogen) atoms. The average molecular weight is 138 g/mol. The lowest BCUT2D eigenvalue weighted by Gasteiger charge is -1.90. The van der Waals surface area contributed by atoms with Crippen molar-refractivity contribution in [1.82, 2.24) is 5.54 Å². The summed E-state index contributed by atoms with van der Waals surface area (Å²) in [6.07, 6.45) is 0. The molecule has 0 aliphatic carbocycles. The number of carbonyl (C=O) groups excluding carboxylic acids is 1. The SMILES string of the molecule is O=C([N]F)c1ccccc1. The minimum Gasteiger partial charge on any atom is -0.264 e. The normalized spacial score (nSPS) is 8.90. The van der Waals surface area contributed by atoms with Crippen LogP contribution in [-0.2, 0) is 0 Å². The number of hydrogen-bond acceptors (Lipinski definition) is 1. The second kappa shape index (κ2) is 2.96. The molecular weight excluding hydrogens is 133 g/mol. The van der Waals surface area contributed by atoms with E-state index in [0.717, 1.165) is 0 Å². The third kappa shape index (κ3) is 1.31. The third-order valence-electron chi connectivity index (χ3n) is 1.10. The number of amides is 1. The Hall–Kier alpha value is -1.38. The summed E-state index contributed by atoms with van der Waals surface area (Å²) in [5, 5.41) is 0. The Labute approximate surface area is 57.6 Å². The van der Waals surface area contributed by atoms with E-state index in [2.05, 4.69) is 0 Å². The summed E-state index contributed by atoms with van der Waals surface area (Å²) in [4.78, 5) is 10.5. The quantitative estimate of drug-likeness (QED) is 0.575. The van der Waals surface area contributed by atoms with Crippen LogP contribution in [-0.4, -0.2) is 5.91 Å². The fourth-order valence-electron chi connectivity index (χ4n) is 0.630. The minimum atomic E-state index is -0.833. The van der Waals surface area contributed by atoms with E-state index in [9.17, 15) is 9.28 Å². The molecule has 0 saturated carbocycles. The Kier molecular flexibility index (Phi) is 1.99. The predicted octanol–water partition coefficient (Wildman–Crippen LogP) is 1.32. The van der Waals surface area contributed by atoms with Gasteiger partial charge in [0, 0.05) is 5.56 Å². The third-order valence-corrected chi connectivity index (χ3v) is 1.10. The van der Waals surface area contributed by atoms with Gasteiger partial charge >= 0.3 is 5.91 Å². The van der Waals surface area contributed by atoms with E-state index in [0.29, 0.717) is 0 Å². The highest BCUT2D eigenvalue weighted by Gasteiger charge is 2.03. The summed E-state index contributed by atoms with van der Waals surface area (Å²) < 4.78 is 11.3. The van der Waals surface area contributed by atoms with Gasteiger partial charge in [-0.3, -0.25) is 4.79 Å². The molecule has 0 unspecified atom stereocenters. The van der Waals surface area contributed by atoms with E-state index in [1.54, 1.807) is 18.2 Å².